The van der Waals surface area contributed by atoms with Gasteiger partial charge in [-0.3, -0.25) is 10.1 Å². The molecule has 2 heterocycles. The summed E-state index contributed by atoms with van der Waals surface area (Å²) in [6.45, 7) is 1.35. The summed E-state index contributed by atoms with van der Waals surface area (Å²) in [5.74, 6) is -2.71. The largest absolute Gasteiger partial charge is 0.478 e. The molecule has 0 bridgehead atoms. The summed E-state index contributed by atoms with van der Waals surface area (Å²) in [4.78, 5) is 29.9. The molecule has 0 saturated heterocycles. The van der Waals surface area contributed by atoms with Crippen LogP contribution in [0, 0.1) is 5.82 Å². The van der Waals surface area contributed by atoms with Crippen LogP contribution in [-0.4, -0.2) is 63.7 Å². The van der Waals surface area contributed by atoms with Crippen molar-refractivity contribution in [3.63, 3.8) is 0 Å². The van der Waals surface area contributed by atoms with Gasteiger partial charge in [-0.25, -0.2) is 13.7 Å². The van der Waals surface area contributed by atoms with E-state index in [9.17, 15) is 19.1 Å². The second-order valence-electron chi connectivity index (χ2n) is 6.32. The third-order valence-electron chi connectivity index (χ3n) is 3.90. The number of halogens is 1. The average Bonchev–Trinajstić information content (AvgIpc) is 3.03. The lowest BCUT2D eigenvalue weighted by Crippen LogP contribution is -2.21. The van der Waals surface area contributed by atoms with Gasteiger partial charge in [-0.2, -0.15) is 4.98 Å². The maximum atomic E-state index is 13.7. The Morgan fingerprint density at radius 3 is 2.68 bits per heavy atom. The van der Waals surface area contributed by atoms with Crippen molar-refractivity contribution in [1.82, 2.24) is 19.5 Å². The van der Waals surface area contributed by atoms with Crippen LogP contribution in [0.1, 0.15) is 20.7 Å². The highest BCUT2D eigenvalue weighted by Crippen LogP contribution is 2.18. The third-order valence-corrected chi connectivity index (χ3v) is 3.90. The van der Waals surface area contributed by atoms with Crippen LogP contribution in [0.3, 0.4) is 0 Å². The van der Waals surface area contributed by atoms with Gasteiger partial charge in [-0.05, 0) is 32.3 Å². The standard InChI is InChI=1S/C18H19FN6O3/c1-24(2)8-7-20-11-9-13(17(27)28)15-21-18(23-25(15)10-11)22-16(26)12-5-3-4-6-14(12)19/h3-6,9-10,20H,7-8H2,1-2H3,(H,27,28)(H,22,23,26). The van der Waals surface area contributed by atoms with Gasteiger partial charge in [0.15, 0.2) is 5.65 Å². The molecule has 1 amide bonds. The third kappa shape index (κ3) is 4.23. The van der Waals surface area contributed by atoms with Gasteiger partial charge in [0.2, 0.25) is 5.95 Å². The molecule has 0 fully saturated rings. The Balaban J connectivity index is 1.89. The van der Waals surface area contributed by atoms with Gasteiger partial charge in [0.25, 0.3) is 5.91 Å². The lowest BCUT2D eigenvalue weighted by molar-refractivity contribution is 0.0698. The number of anilines is 2. The predicted octanol–water partition coefficient (Wildman–Crippen LogP) is 1.79. The van der Waals surface area contributed by atoms with E-state index in [1.165, 1.54) is 34.8 Å². The van der Waals surface area contributed by atoms with Crippen molar-refractivity contribution in [3.8, 4) is 0 Å². The SMILES string of the molecule is CN(C)CCNc1cc(C(=O)O)c2nc(NC(=O)c3ccccc3F)nn2c1. The number of rotatable bonds is 7. The highest BCUT2D eigenvalue weighted by molar-refractivity contribution is 6.04. The first-order chi connectivity index (χ1) is 13.3. The number of nitrogens with one attached hydrogen (secondary N) is 2. The van der Waals surface area contributed by atoms with Crippen LogP contribution in [-0.2, 0) is 0 Å². The predicted molar refractivity (Wildman–Crippen MR) is 101 cm³/mol. The molecule has 0 spiro atoms. The van der Waals surface area contributed by atoms with E-state index in [2.05, 4.69) is 20.7 Å². The monoisotopic (exact) mass is 386 g/mol. The second kappa shape index (κ2) is 8.01. The number of aromatic carboxylic acids is 1. The lowest BCUT2D eigenvalue weighted by Gasteiger charge is -2.11. The van der Waals surface area contributed by atoms with E-state index in [4.69, 9.17) is 0 Å². The molecule has 3 aromatic rings. The van der Waals surface area contributed by atoms with Crippen molar-refractivity contribution >= 4 is 29.2 Å². The molecule has 0 atom stereocenters. The molecule has 0 aliphatic rings. The first-order valence-electron chi connectivity index (χ1n) is 8.43. The number of benzene rings is 1. The fraction of sp³-hybridized carbons (Fsp3) is 0.222. The van der Waals surface area contributed by atoms with Gasteiger partial charge in [-0.1, -0.05) is 12.1 Å². The number of hydrogen-bond donors (Lipinski definition) is 3. The number of pyridine rings is 1. The molecule has 10 heteroatoms. The van der Waals surface area contributed by atoms with E-state index in [1.54, 1.807) is 6.20 Å². The van der Waals surface area contributed by atoms with Gasteiger partial charge in [0.05, 0.1) is 17.4 Å². The molecule has 0 aliphatic carbocycles. The van der Waals surface area contributed by atoms with E-state index in [0.717, 1.165) is 6.54 Å². The van der Waals surface area contributed by atoms with Crippen LogP contribution in [0.5, 0.6) is 0 Å². The number of carboxylic acid groups (broad SMARTS) is 1. The second-order valence-corrected chi connectivity index (χ2v) is 6.32. The van der Waals surface area contributed by atoms with Gasteiger partial charge >= 0.3 is 5.97 Å². The summed E-state index contributed by atoms with van der Waals surface area (Å²) >= 11 is 0. The molecular weight excluding hydrogens is 367 g/mol. The van der Waals surface area contributed by atoms with Crippen molar-refractivity contribution in [2.75, 3.05) is 37.8 Å². The van der Waals surface area contributed by atoms with Gasteiger partial charge in [0.1, 0.15) is 11.4 Å². The topological polar surface area (TPSA) is 112 Å². The molecule has 3 rings (SSSR count). The molecule has 0 saturated carbocycles. The fourth-order valence-corrected chi connectivity index (χ4v) is 2.53. The highest BCUT2D eigenvalue weighted by atomic mass is 19.1. The minimum Gasteiger partial charge on any atom is -0.478 e. The highest BCUT2D eigenvalue weighted by Gasteiger charge is 2.18. The average molecular weight is 386 g/mol. The number of fused-ring (bicyclic) bond motifs is 1. The number of aromatic nitrogens is 3. The van der Waals surface area contributed by atoms with Crippen LogP contribution >= 0.6 is 0 Å². The molecule has 0 aliphatic heterocycles. The lowest BCUT2D eigenvalue weighted by atomic mass is 10.2. The number of nitrogens with zero attached hydrogens (tertiary/aromatic N) is 4. The van der Waals surface area contributed by atoms with Crippen molar-refractivity contribution < 1.29 is 19.1 Å². The molecule has 2 aromatic heterocycles. The van der Waals surface area contributed by atoms with Crippen LogP contribution in [0.25, 0.3) is 5.65 Å². The van der Waals surface area contributed by atoms with E-state index in [-0.39, 0.29) is 22.7 Å². The van der Waals surface area contributed by atoms with E-state index in [1.807, 2.05) is 19.0 Å². The van der Waals surface area contributed by atoms with Crippen LogP contribution < -0.4 is 10.6 Å². The first-order valence-corrected chi connectivity index (χ1v) is 8.43. The Hall–Kier alpha value is -3.53. The van der Waals surface area contributed by atoms with Crippen LogP contribution in [0.2, 0.25) is 0 Å². The minimum absolute atomic E-state index is 0.0643. The summed E-state index contributed by atoms with van der Waals surface area (Å²) in [6, 6.07) is 6.95. The normalized spacial score (nSPS) is 11.0. The summed E-state index contributed by atoms with van der Waals surface area (Å²) in [6.07, 6.45) is 1.57. The van der Waals surface area contributed by atoms with Crippen molar-refractivity contribution in [3.05, 3.63) is 53.5 Å². The molecule has 0 unspecified atom stereocenters. The maximum absolute atomic E-state index is 13.7. The summed E-state index contributed by atoms with van der Waals surface area (Å²) in [5.41, 5.74) is 0.373. The van der Waals surface area contributed by atoms with Crippen LogP contribution in [0.15, 0.2) is 36.5 Å². The number of amides is 1. The van der Waals surface area contributed by atoms with Crippen molar-refractivity contribution in [2.45, 2.75) is 0 Å². The smallest absolute Gasteiger partial charge is 0.339 e. The zero-order valence-electron chi connectivity index (χ0n) is 15.3. The molecule has 0 radical (unpaired) electrons. The number of carbonyl (C=O) groups is 2. The van der Waals surface area contributed by atoms with E-state index in [0.29, 0.717) is 12.2 Å². The molecule has 3 N–H and O–H groups in total. The van der Waals surface area contributed by atoms with Gasteiger partial charge < -0.3 is 15.3 Å². The van der Waals surface area contributed by atoms with E-state index < -0.39 is 17.7 Å². The Morgan fingerprint density at radius 2 is 2.00 bits per heavy atom. The molecule has 9 nitrogen and oxygen atoms in total. The van der Waals surface area contributed by atoms with Crippen molar-refractivity contribution in [1.29, 1.82) is 0 Å². The fourth-order valence-electron chi connectivity index (χ4n) is 2.53. The summed E-state index contributed by atoms with van der Waals surface area (Å²) in [7, 11) is 3.85. The quantitative estimate of drug-likeness (QED) is 0.568. The Kier molecular flexibility index (Phi) is 5.50. The number of hydrogen-bond acceptors (Lipinski definition) is 6. The molecular formula is C18H19FN6O3. The first kappa shape index (κ1) is 19.2. The van der Waals surface area contributed by atoms with Crippen molar-refractivity contribution in [2.24, 2.45) is 0 Å². The number of likely N-dealkylation sites (N-methyl/N-ethyl adjacent to an activating group) is 1. The van der Waals surface area contributed by atoms with Gasteiger partial charge in [0, 0.05) is 13.1 Å². The Bertz CT molecular complexity index is 1030. The zero-order chi connectivity index (χ0) is 20.3. The minimum atomic E-state index is -1.18. The molecule has 1 aromatic carbocycles. The maximum Gasteiger partial charge on any atom is 0.339 e. The van der Waals surface area contributed by atoms with Gasteiger partial charge in [-0.15, -0.1) is 5.10 Å². The van der Waals surface area contributed by atoms with Crippen LogP contribution in [0.4, 0.5) is 16.0 Å². The Labute approximate surface area is 159 Å². The summed E-state index contributed by atoms with van der Waals surface area (Å²) in [5, 5.41) is 19.1. The Morgan fingerprint density at radius 1 is 1.25 bits per heavy atom. The number of carbonyl (C=O) groups excluding carboxylic acids is 1. The van der Waals surface area contributed by atoms with E-state index >= 15 is 0 Å². The zero-order valence-corrected chi connectivity index (χ0v) is 15.3. The molecule has 146 valence electrons. The number of carboxylic acids is 1. The molecule has 28 heavy (non-hydrogen) atoms. The summed E-state index contributed by atoms with van der Waals surface area (Å²) < 4.78 is 15.0.